The quantitative estimate of drug-likeness (QED) is 0.793. The number of halogens is 2. The highest BCUT2D eigenvalue weighted by atomic mass is 35.5. The van der Waals surface area contributed by atoms with E-state index in [1.807, 2.05) is 6.07 Å². The van der Waals surface area contributed by atoms with Gasteiger partial charge < -0.3 is 14.8 Å². The lowest BCUT2D eigenvalue weighted by atomic mass is 10.2. The molecule has 0 fully saturated rings. The van der Waals surface area contributed by atoms with E-state index in [9.17, 15) is 9.59 Å². The highest BCUT2D eigenvalue weighted by molar-refractivity contribution is 7.14. The predicted octanol–water partition coefficient (Wildman–Crippen LogP) is 3.73. The second-order valence-electron chi connectivity index (χ2n) is 4.37. The summed E-state index contributed by atoms with van der Waals surface area (Å²) in [6.45, 7) is -0.511. The van der Waals surface area contributed by atoms with Crippen molar-refractivity contribution in [2.45, 2.75) is 0 Å². The number of anilines is 1. The molecule has 1 amide bonds. The van der Waals surface area contributed by atoms with Gasteiger partial charge in [0.25, 0.3) is 5.91 Å². The number of nitrogens with zero attached hydrogens (tertiary/aromatic N) is 1. The molecule has 124 valence electrons. The summed E-state index contributed by atoms with van der Waals surface area (Å²) >= 11 is 13.1. The Morgan fingerprint density at radius 3 is 2.58 bits per heavy atom. The summed E-state index contributed by atoms with van der Waals surface area (Å²) in [5.74, 6) is -1.08. The molecule has 1 N–H and O–H groups in total. The fourth-order valence-corrected chi connectivity index (χ4v) is 3.14. The molecule has 9 heteroatoms. The van der Waals surface area contributed by atoms with Crippen molar-refractivity contribution in [3.8, 4) is 11.8 Å². The first kappa shape index (κ1) is 18.1. The van der Waals surface area contributed by atoms with Crippen LogP contribution in [0.1, 0.15) is 15.9 Å². The number of thiophene rings is 1. The lowest BCUT2D eigenvalue weighted by Gasteiger charge is -2.09. The molecule has 0 aliphatic rings. The Balaban J connectivity index is 1.98. The first-order valence-electron chi connectivity index (χ1n) is 6.44. The van der Waals surface area contributed by atoms with Crippen LogP contribution in [0, 0.1) is 11.3 Å². The number of hydrogen-bond acceptors (Lipinski definition) is 6. The van der Waals surface area contributed by atoms with E-state index in [-0.39, 0.29) is 21.4 Å². The van der Waals surface area contributed by atoms with Crippen molar-refractivity contribution in [2.75, 3.05) is 19.0 Å². The molecular formula is C15H10Cl2N2O4S. The Morgan fingerprint density at radius 1 is 1.33 bits per heavy atom. The maximum atomic E-state index is 12.0. The number of esters is 1. The van der Waals surface area contributed by atoms with Gasteiger partial charge in [-0.15, -0.1) is 11.3 Å². The number of nitriles is 1. The summed E-state index contributed by atoms with van der Waals surface area (Å²) in [7, 11) is 1.40. The summed E-state index contributed by atoms with van der Waals surface area (Å²) in [6.07, 6.45) is 0. The predicted molar refractivity (Wildman–Crippen MR) is 91.0 cm³/mol. The van der Waals surface area contributed by atoms with Crippen molar-refractivity contribution in [3.63, 3.8) is 0 Å². The minimum Gasteiger partial charge on any atom is -0.494 e. The molecule has 2 rings (SSSR count). The van der Waals surface area contributed by atoms with Crippen LogP contribution in [-0.2, 0) is 9.53 Å². The lowest BCUT2D eigenvalue weighted by Crippen LogP contribution is -2.20. The molecule has 0 radical (unpaired) electrons. The van der Waals surface area contributed by atoms with Crippen LogP contribution in [0.15, 0.2) is 23.6 Å². The van der Waals surface area contributed by atoms with Crippen LogP contribution < -0.4 is 10.1 Å². The van der Waals surface area contributed by atoms with Gasteiger partial charge in [-0.05, 0) is 23.6 Å². The first-order chi connectivity index (χ1) is 11.5. The fourth-order valence-electron chi connectivity index (χ4n) is 1.74. The number of amides is 1. The van der Waals surface area contributed by atoms with Gasteiger partial charge in [0.2, 0.25) is 0 Å². The van der Waals surface area contributed by atoms with Crippen molar-refractivity contribution < 1.29 is 19.1 Å². The van der Waals surface area contributed by atoms with E-state index in [1.54, 1.807) is 11.4 Å². The van der Waals surface area contributed by atoms with Gasteiger partial charge in [-0.25, -0.2) is 4.79 Å². The fraction of sp³-hybridized carbons (Fsp3) is 0.133. The topological polar surface area (TPSA) is 88.4 Å². The van der Waals surface area contributed by atoms with Gasteiger partial charge in [-0.2, -0.15) is 5.26 Å². The van der Waals surface area contributed by atoms with Gasteiger partial charge in [0.05, 0.1) is 28.3 Å². The number of benzene rings is 1. The third-order valence-corrected chi connectivity index (χ3v) is 4.20. The molecule has 0 saturated heterocycles. The summed E-state index contributed by atoms with van der Waals surface area (Å²) in [4.78, 5) is 23.8. The number of hydrogen-bond donors (Lipinski definition) is 1. The highest BCUT2D eigenvalue weighted by Crippen LogP contribution is 2.34. The molecule has 0 unspecified atom stereocenters. The number of carbonyl (C=O) groups is 2. The van der Waals surface area contributed by atoms with Crippen molar-refractivity contribution in [1.82, 2.24) is 0 Å². The number of rotatable bonds is 5. The summed E-state index contributed by atoms with van der Waals surface area (Å²) < 4.78 is 9.89. The van der Waals surface area contributed by atoms with Crippen LogP contribution in [0.5, 0.6) is 5.75 Å². The third-order valence-electron chi connectivity index (χ3n) is 2.81. The summed E-state index contributed by atoms with van der Waals surface area (Å²) in [6, 6.07) is 6.18. The number of methoxy groups -OCH3 is 1. The van der Waals surface area contributed by atoms with Gasteiger partial charge in [0.1, 0.15) is 11.1 Å². The minimum absolute atomic E-state index is 0.0902. The van der Waals surface area contributed by atoms with Crippen LogP contribution >= 0.6 is 34.5 Å². The zero-order valence-electron chi connectivity index (χ0n) is 12.3. The Morgan fingerprint density at radius 2 is 2.00 bits per heavy atom. The molecular weight excluding hydrogens is 375 g/mol. The average Bonchev–Trinajstić information content (AvgIpc) is 2.99. The maximum absolute atomic E-state index is 12.0. The van der Waals surface area contributed by atoms with Gasteiger partial charge in [-0.1, -0.05) is 23.2 Å². The van der Waals surface area contributed by atoms with E-state index in [2.05, 4.69) is 5.32 Å². The van der Waals surface area contributed by atoms with Gasteiger partial charge in [0.15, 0.2) is 12.4 Å². The van der Waals surface area contributed by atoms with Crippen LogP contribution in [0.4, 0.5) is 5.00 Å². The number of ether oxygens (including phenoxy) is 2. The van der Waals surface area contributed by atoms with Crippen molar-refractivity contribution in [1.29, 1.82) is 5.26 Å². The van der Waals surface area contributed by atoms with Crippen LogP contribution in [0.25, 0.3) is 0 Å². The largest absolute Gasteiger partial charge is 0.494 e. The minimum atomic E-state index is -0.761. The molecule has 0 aliphatic carbocycles. The van der Waals surface area contributed by atoms with Crippen molar-refractivity contribution in [2.24, 2.45) is 0 Å². The second kappa shape index (κ2) is 8.02. The Labute approximate surface area is 151 Å². The van der Waals surface area contributed by atoms with E-state index in [0.29, 0.717) is 10.6 Å². The van der Waals surface area contributed by atoms with E-state index < -0.39 is 18.5 Å². The zero-order valence-corrected chi connectivity index (χ0v) is 14.6. The molecule has 0 bridgehead atoms. The van der Waals surface area contributed by atoms with Crippen LogP contribution in [-0.4, -0.2) is 25.6 Å². The molecule has 2 aromatic rings. The smallest absolute Gasteiger partial charge is 0.338 e. The van der Waals surface area contributed by atoms with Crippen LogP contribution in [0.3, 0.4) is 0 Å². The van der Waals surface area contributed by atoms with Gasteiger partial charge in [-0.3, -0.25) is 4.79 Å². The Hall–Kier alpha value is -2.27. The second-order valence-corrected chi connectivity index (χ2v) is 6.10. The monoisotopic (exact) mass is 384 g/mol. The van der Waals surface area contributed by atoms with E-state index in [4.69, 9.17) is 37.9 Å². The van der Waals surface area contributed by atoms with E-state index in [1.165, 1.54) is 30.6 Å². The molecule has 0 saturated carbocycles. The Bertz CT molecular complexity index is 806. The maximum Gasteiger partial charge on any atom is 0.338 e. The van der Waals surface area contributed by atoms with E-state index in [0.717, 1.165) is 0 Å². The molecule has 24 heavy (non-hydrogen) atoms. The van der Waals surface area contributed by atoms with Crippen molar-refractivity contribution in [3.05, 3.63) is 44.8 Å². The molecule has 0 aliphatic heterocycles. The zero-order chi connectivity index (χ0) is 17.7. The summed E-state index contributed by atoms with van der Waals surface area (Å²) in [5.41, 5.74) is 0.431. The SMILES string of the molecule is COc1c(Cl)cc(C(=O)OCC(=O)Nc2sccc2C#N)cc1Cl. The molecule has 0 spiro atoms. The Kier molecular flexibility index (Phi) is 6.04. The molecule has 6 nitrogen and oxygen atoms in total. The van der Waals surface area contributed by atoms with Crippen LogP contribution in [0.2, 0.25) is 10.0 Å². The first-order valence-corrected chi connectivity index (χ1v) is 8.07. The standard InChI is InChI=1S/C15H10Cl2N2O4S/c1-22-13-10(16)4-9(5-11(13)17)15(21)23-7-12(20)19-14-8(6-18)2-3-24-14/h2-5H,7H2,1H3,(H,19,20). The average molecular weight is 385 g/mol. The normalized spacial score (nSPS) is 9.92. The van der Waals surface area contributed by atoms with Crippen molar-refractivity contribution >= 4 is 51.4 Å². The molecule has 1 aromatic carbocycles. The van der Waals surface area contributed by atoms with E-state index >= 15 is 0 Å². The molecule has 1 heterocycles. The highest BCUT2D eigenvalue weighted by Gasteiger charge is 2.16. The molecule has 0 atom stereocenters. The summed E-state index contributed by atoms with van der Waals surface area (Å²) in [5, 5.41) is 13.7. The third kappa shape index (κ3) is 4.17. The lowest BCUT2D eigenvalue weighted by molar-refractivity contribution is -0.119. The number of nitrogens with one attached hydrogen (secondary N) is 1. The number of carbonyl (C=O) groups excluding carboxylic acids is 2. The van der Waals surface area contributed by atoms with Gasteiger partial charge in [0, 0.05) is 0 Å². The van der Waals surface area contributed by atoms with Gasteiger partial charge >= 0.3 is 5.97 Å². The molecule has 1 aromatic heterocycles.